The average molecular weight is 252 g/mol. The number of anilines is 1. The molecule has 0 unspecified atom stereocenters. The van der Waals surface area contributed by atoms with Crippen molar-refractivity contribution in [2.24, 2.45) is 5.73 Å². The third kappa shape index (κ3) is 2.75. The van der Waals surface area contributed by atoms with Crippen LogP contribution in [0.4, 0.5) is 10.1 Å². The molecule has 1 aromatic carbocycles. The Morgan fingerprint density at radius 3 is 2.67 bits per heavy atom. The molecule has 1 aliphatic carbocycles. The van der Waals surface area contributed by atoms with Gasteiger partial charge < -0.3 is 15.8 Å². The molecule has 2 rings (SSSR count). The molecule has 0 aliphatic heterocycles. The molecular formula is C14H21FN2O. The minimum Gasteiger partial charge on any atom is -0.494 e. The summed E-state index contributed by atoms with van der Waals surface area (Å²) >= 11 is 0. The van der Waals surface area contributed by atoms with Crippen molar-refractivity contribution in [1.82, 2.24) is 0 Å². The molecule has 0 saturated heterocycles. The van der Waals surface area contributed by atoms with Crippen LogP contribution in [0.2, 0.25) is 0 Å². The van der Waals surface area contributed by atoms with Crippen LogP contribution in [0.15, 0.2) is 18.2 Å². The average Bonchev–Trinajstić information content (AvgIpc) is 2.42. The second-order valence-electron chi connectivity index (χ2n) is 5.02. The van der Waals surface area contributed by atoms with Gasteiger partial charge in [0.15, 0.2) is 11.6 Å². The third-order valence-corrected chi connectivity index (χ3v) is 3.76. The Morgan fingerprint density at radius 2 is 2.06 bits per heavy atom. The van der Waals surface area contributed by atoms with Gasteiger partial charge >= 0.3 is 0 Å². The lowest BCUT2D eigenvalue weighted by atomic mass is 9.81. The van der Waals surface area contributed by atoms with Crippen molar-refractivity contribution in [3.8, 4) is 5.75 Å². The maximum absolute atomic E-state index is 13.3. The van der Waals surface area contributed by atoms with Crippen LogP contribution >= 0.6 is 0 Å². The Hall–Kier alpha value is -1.29. The quantitative estimate of drug-likeness (QED) is 0.866. The summed E-state index contributed by atoms with van der Waals surface area (Å²) in [7, 11) is 1.47. The van der Waals surface area contributed by atoms with Crippen molar-refractivity contribution in [3.63, 3.8) is 0 Å². The fourth-order valence-electron chi connectivity index (χ4n) is 2.65. The van der Waals surface area contributed by atoms with E-state index in [4.69, 9.17) is 10.5 Å². The lowest BCUT2D eigenvalue weighted by molar-refractivity contribution is 0.330. The van der Waals surface area contributed by atoms with Crippen molar-refractivity contribution in [2.75, 3.05) is 19.0 Å². The normalized spacial score (nSPS) is 18.4. The van der Waals surface area contributed by atoms with Gasteiger partial charge in [0.1, 0.15) is 0 Å². The Balaban J connectivity index is 2.16. The minimum atomic E-state index is -0.339. The van der Waals surface area contributed by atoms with Gasteiger partial charge in [-0.15, -0.1) is 0 Å². The molecule has 1 fully saturated rings. The van der Waals surface area contributed by atoms with Crippen molar-refractivity contribution in [2.45, 2.75) is 37.6 Å². The van der Waals surface area contributed by atoms with E-state index in [1.165, 1.54) is 32.4 Å². The Morgan fingerprint density at radius 1 is 1.33 bits per heavy atom. The number of methoxy groups -OCH3 is 1. The van der Waals surface area contributed by atoms with Gasteiger partial charge in [0.05, 0.1) is 7.11 Å². The van der Waals surface area contributed by atoms with E-state index in [-0.39, 0.29) is 17.1 Å². The molecule has 1 aromatic rings. The molecule has 0 heterocycles. The van der Waals surface area contributed by atoms with E-state index in [0.29, 0.717) is 6.54 Å². The highest BCUT2D eigenvalue weighted by Crippen LogP contribution is 2.32. The predicted octanol–water partition coefficient (Wildman–Crippen LogP) is 2.91. The number of hydrogen-bond donors (Lipinski definition) is 2. The molecule has 0 atom stereocenters. The Kier molecular flexibility index (Phi) is 4.07. The summed E-state index contributed by atoms with van der Waals surface area (Å²) in [6.07, 6.45) is 5.81. The largest absolute Gasteiger partial charge is 0.494 e. The zero-order valence-corrected chi connectivity index (χ0v) is 10.8. The van der Waals surface area contributed by atoms with Crippen LogP contribution in [0.5, 0.6) is 5.75 Å². The molecule has 18 heavy (non-hydrogen) atoms. The van der Waals surface area contributed by atoms with Crippen LogP contribution in [0.1, 0.15) is 32.1 Å². The lowest BCUT2D eigenvalue weighted by Crippen LogP contribution is -2.46. The summed E-state index contributed by atoms with van der Waals surface area (Å²) < 4.78 is 18.3. The smallest absolute Gasteiger partial charge is 0.165 e. The highest BCUT2D eigenvalue weighted by atomic mass is 19.1. The zero-order chi connectivity index (χ0) is 13.0. The number of hydrogen-bond acceptors (Lipinski definition) is 3. The van der Waals surface area contributed by atoms with E-state index in [1.807, 2.05) is 0 Å². The van der Waals surface area contributed by atoms with Gasteiger partial charge in [-0.3, -0.25) is 0 Å². The first-order valence-electron chi connectivity index (χ1n) is 6.51. The zero-order valence-electron chi connectivity index (χ0n) is 10.8. The second-order valence-corrected chi connectivity index (χ2v) is 5.02. The highest BCUT2D eigenvalue weighted by molar-refractivity contribution is 5.51. The minimum absolute atomic E-state index is 0.0406. The Labute approximate surface area is 108 Å². The number of nitrogens with one attached hydrogen (secondary N) is 1. The van der Waals surface area contributed by atoms with Gasteiger partial charge in [0, 0.05) is 23.8 Å². The van der Waals surface area contributed by atoms with Gasteiger partial charge in [-0.05, 0) is 25.0 Å². The van der Waals surface area contributed by atoms with Gasteiger partial charge in [-0.1, -0.05) is 19.3 Å². The van der Waals surface area contributed by atoms with E-state index >= 15 is 0 Å². The standard InChI is InChI=1S/C14H21FN2O/c1-18-13-9-11(5-6-12(13)15)17-14(10-16)7-3-2-4-8-14/h5-6,9,17H,2-4,7-8,10,16H2,1H3. The summed E-state index contributed by atoms with van der Waals surface area (Å²) in [5.74, 6) is -0.0727. The van der Waals surface area contributed by atoms with E-state index < -0.39 is 0 Å². The van der Waals surface area contributed by atoms with Gasteiger partial charge in [0.25, 0.3) is 0 Å². The monoisotopic (exact) mass is 252 g/mol. The van der Waals surface area contributed by atoms with Crippen molar-refractivity contribution < 1.29 is 9.13 Å². The second kappa shape index (κ2) is 5.57. The summed E-state index contributed by atoms with van der Waals surface area (Å²) in [5, 5.41) is 3.47. The van der Waals surface area contributed by atoms with Crippen LogP contribution in [0.3, 0.4) is 0 Å². The number of nitrogens with two attached hydrogens (primary N) is 1. The molecule has 1 aliphatic rings. The molecular weight excluding hydrogens is 231 g/mol. The third-order valence-electron chi connectivity index (χ3n) is 3.76. The number of rotatable bonds is 4. The Bertz CT molecular complexity index is 403. The summed E-state index contributed by atoms with van der Waals surface area (Å²) in [5.41, 5.74) is 6.75. The van der Waals surface area contributed by atoms with E-state index in [9.17, 15) is 4.39 Å². The van der Waals surface area contributed by atoms with Gasteiger partial charge in [-0.25, -0.2) is 4.39 Å². The fraction of sp³-hybridized carbons (Fsp3) is 0.571. The van der Waals surface area contributed by atoms with Crippen molar-refractivity contribution in [3.05, 3.63) is 24.0 Å². The molecule has 0 radical (unpaired) electrons. The predicted molar refractivity (Wildman–Crippen MR) is 71.4 cm³/mol. The first kappa shape index (κ1) is 13.1. The lowest BCUT2D eigenvalue weighted by Gasteiger charge is -2.38. The maximum atomic E-state index is 13.3. The number of halogens is 1. The van der Waals surface area contributed by atoms with Crippen LogP contribution in [-0.2, 0) is 0 Å². The summed E-state index contributed by atoms with van der Waals surface area (Å²) in [6, 6.07) is 4.86. The van der Waals surface area contributed by atoms with Crippen molar-refractivity contribution in [1.29, 1.82) is 0 Å². The highest BCUT2D eigenvalue weighted by Gasteiger charge is 2.30. The molecule has 1 saturated carbocycles. The van der Waals surface area contributed by atoms with Crippen LogP contribution in [0, 0.1) is 5.82 Å². The molecule has 3 N–H and O–H groups in total. The van der Waals surface area contributed by atoms with E-state index in [0.717, 1.165) is 18.5 Å². The first-order valence-corrected chi connectivity index (χ1v) is 6.51. The van der Waals surface area contributed by atoms with E-state index in [2.05, 4.69) is 5.32 Å². The topological polar surface area (TPSA) is 47.3 Å². The fourth-order valence-corrected chi connectivity index (χ4v) is 2.65. The SMILES string of the molecule is COc1cc(NC2(CN)CCCCC2)ccc1F. The van der Waals surface area contributed by atoms with Crippen LogP contribution in [0.25, 0.3) is 0 Å². The van der Waals surface area contributed by atoms with E-state index in [1.54, 1.807) is 12.1 Å². The van der Waals surface area contributed by atoms with Gasteiger partial charge in [0.2, 0.25) is 0 Å². The molecule has 0 aromatic heterocycles. The first-order chi connectivity index (χ1) is 8.69. The summed E-state index contributed by atoms with van der Waals surface area (Å²) in [6.45, 7) is 0.604. The van der Waals surface area contributed by atoms with Gasteiger partial charge in [-0.2, -0.15) is 0 Å². The molecule has 0 spiro atoms. The van der Waals surface area contributed by atoms with Crippen LogP contribution < -0.4 is 15.8 Å². The number of ether oxygens (including phenoxy) is 1. The molecule has 3 nitrogen and oxygen atoms in total. The van der Waals surface area contributed by atoms with Crippen molar-refractivity contribution >= 4 is 5.69 Å². The summed E-state index contributed by atoms with van der Waals surface area (Å²) in [4.78, 5) is 0. The molecule has 0 bridgehead atoms. The molecule has 0 amide bonds. The van der Waals surface area contributed by atoms with Crippen LogP contribution in [-0.4, -0.2) is 19.2 Å². The number of benzene rings is 1. The maximum Gasteiger partial charge on any atom is 0.165 e. The molecule has 100 valence electrons. The molecule has 4 heteroatoms.